The first-order valence-corrected chi connectivity index (χ1v) is 9.79. The minimum Gasteiger partial charge on any atom is -0.479 e. The van der Waals surface area contributed by atoms with Gasteiger partial charge in [-0.25, -0.2) is 0 Å². The second kappa shape index (κ2) is 7.07. The highest BCUT2D eigenvalue weighted by atomic mass is 35.5. The van der Waals surface area contributed by atoms with Crippen LogP contribution in [0.25, 0.3) is 22.2 Å². The number of rotatable bonds is 2. The molecular formula is C21H17ClN4O3. The summed E-state index contributed by atoms with van der Waals surface area (Å²) >= 11 is 6.38. The third-order valence-electron chi connectivity index (χ3n) is 5.31. The van der Waals surface area contributed by atoms with E-state index in [1.54, 1.807) is 24.4 Å². The fourth-order valence-corrected chi connectivity index (χ4v) is 4.20. The number of pyridine rings is 1. The van der Waals surface area contributed by atoms with Crippen LogP contribution in [-0.2, 0) is 11.2 Å². The molecule has 0 radical (unpaired) electrons. The first-order valence-electron chi connectivity index (χ1n) is 9.41. The van der Waals surface area contributed by atoms with Crippen LogP contribution in [-0.4, -0.2) is 48.1 Å². The topological polar surface area (TPSA) is 91.4 Å². The van der Waals surface area contributed by atoms with Gasteiger partial charge in [0.15, 0.2) is 11.7 Å². The van der Waals surface area contributed by atoms with Crippen LogP contribution in [0, 0.1) is 11.3 Å². The van der Waals surface area contributed by atoms with Crippen LogP contribution in [0.4, 0.5) is 0 Å². The molecule has 146 valence electrons. The standard InChI is InChI=1S/C21H17ClN4O3/c22-13-7-12-8-18(21(27)26-5-3-24-4-6-26)29-19(12)16(9-13)15-1-2-25-17-10-14(11-23)28-20(15)17/h1-2,7,9-10,18,24H,3-6,8H2. The second-order valence-electron chi connectivity index (χ2n) is 7.12. The van der Waals surface area contributed by atoms with Gasteiger partial charge in [0, 0.05) is 66.6 Å². The van der Waals surface area contributed by atoms with E-state index in [4.69, 9.17) is 26.0 Å². The van der Waals surface area contributed by atoms with Crippen LogP contribution in [0.5, 0.6) is 5.75 Å². The summed E-state index contributed by atoms with van der Waals surface area (Å²) in [6, 6.07) is 9.03. The Hall–Kier alpha value is -3.08. The lowest BCUT2D eigenvalue weighted by atomic mass is 10.0. The number of piperazine rings is 1. The van der Waals surface area contributed by atoms with Crippen LogP contribution >= 0.6 is 11.6 Å². The normalized spacial score (nSPS) is 18.3. The number of carbonyl (C=O) groups is 1. The van der Waals surface area contributed by atoms with Crippen LogP contribution < -0.4 is 10.1 Å². The molecule has 4 heterocycles. The fourth-order valence-electron chi connectivity index (χ4n) is 3.96. The molecule has 2 aromatic heterocycles. The Morgan fingerprint density at radius 2 is 2.10 bits per heavy atom. The number of amides is 1. The van der Waals surface area contributed by atoms with E-state index in [2.05, 4.69) is 10.3 Å². The number of benzene rings is 1. The van der Waals surface area contributed by atoms with Gasteiger partial charge in [0.25, 0.3) is 5.91 Å². The number of aromatic nitrogens is 1. The van der Waals surface area contributed by atoms with Gasteiger partial charge in [-0.3, -0.25) is 9.78 Å². The van der Waals surface area contributed by atoms with Crippen LogP contribution in [0.15, 0.2) is 34.9 Å². The lowest BCUT2D eigenvalue weighted by Crippen LogP contribution is -2.50. The van der Waals surface area contributed by atoms with E-state index in [1.807, 2.05) is 17.0 Å². The zero-order valence-corrected chi connectivity index (χ0v) is 16.2. The van der Waals surface area contributed by atoms with Crippen LogP contribution in [0.3, 0.4) is 0 Å². The smallest absolute Gasteiger partial charge is 0.264 e. The molecule has 1 aromatic carbocycles. The molecule has 0 saturated carbocycles. The summed E-state index contributed by atoms with van der Waals surface area (Å²) in [5.41, 5.74) is 3.42. The van der Waals surface area contributed by atoms with Gasteiger partial charge in [0.2, 0.25) is 5.76 Å². The van der Waals surface area contributed by atoms with E-state index in [9.17, 15) is 4.79 Å². The molecule has 3 aromatic rings. The van der Waals surface area contributed by atoms with Crippen molar-refractivity contribution in [3.63, 3.8) is 0 Å². The van der Waals surface area contributed by atoms with Gasteiger partial charge >= 0.3 is 0 Å². The third kappa shape index (κ3) is 3.11. The number of nitrogens with one attached hydrogen (secondary N) is 1. The molecule has 0 spiro atoms. The Morgan fingerprint density at radius 1 is 1.28 bits per heavy atom. The fraction of sp³-hybridized carbons (Fsp3) is 0.286. The molecule has 29 heavy (non-hydrogen) atoms. The summed E-state index contributed by atoms with van der Waals surface area (Å²) in [5, 5.41) is 13.0. The Morgan fingerprint density at radius 3 is 2.90 bits per heavy atom. The quantitative estimate of drug-likeness (QED) is 0.701. The van der Waals surface area contributed by atoms with E-state index in [-0.39, 0.29) is 11.7 Å². The third-order valence-corrected chi connectivity index (χ3v) is 5.53. The number of fused-ring (bicyclic) bond motifs is 2. The van der Waals surface area contributed by atoms with Gasteiger partial charge in [-0.2, -0.15) is 5.26 Å². The van der Waals surface area contributed by atoms with Crippen molar-refractivity contribution in [2.75, 3.05) is 26.2 Å². The highest BCUT2D eigenvalue weighted by molar-refractivity contribution is 6.31. The first kappa shape index (κ1) is 18.0. The van der Waals surface area contributed by atoms with Crippen molar-refractivity contribution in [2.45, 2.75) is 12.5 Å². The largest absolute Gasteiger partial charge is 0.479 e. The molecule has 7 nitrogen and oxygen atoms in total. The molecular weight excluding hydrogens is 392 g/mol. The number of furan rings is 1. The molecule has 2 aliphatic heterocycles. The van der Waals surface area contributed by atoms with Crippen molar-refractivity contribution < 1.29 is 13.9 Å². The summed E-state index contributed by atoms with van der Waals surface area (Å²) in [6.07, 6.45) is 1.56. The zero-order valence-electron chi connectivity index (χ0n) is 15.4. The maximum Gasteiger partial charge on any atom is 0.264 e. The summed E-state index contributed by atoms with van der Waals surface area (Å²) < 4.78 is 11.8. The summed E-state index contributed by atoms with van der Waals surface area (Å²) in [7, 11) is 0. The van der Waals surface area contributed by atoms with Gasteiger partial charge in [-0.1, -0.05) is 11.6 Å². The number of ether oxygens (including phenoxy) is 1. The molecule has 0 aliphatic carbocycles. The average Bonchev–Trinajstić information content (AvgIpc) is 3.36. The minimum atomic E-state index is -0.566. The van der Waals surface area contributed by atoms with E-state index in [0.717, 1.165) is 29.8 Å². The molecule has 1 amide bonds. The second-order valence-corrected chi connectivity index (χ2v) is 7.56. The van der Waals surface area contributed by atoms with Gasteiger partial charge in [0.1, 0.15) is 17.3 Å². The number of hydrogen-bond acceptors (Lipinski definition) is 6. The lowest BCUT2D eigenvalue weighted by molar-refractivity contribution is -0.138. The first-order chi connectivity index (χ1) is 14.1. The predicted molar refractivity (Wildman–Crippen MR) is 107 cm³/mol. The Balaban J connectivity index is 1.55. The van der Waals surface area contributed by atoms with Crippen LogP contribution in [0.1, 0.15) is 11.3 Å². The SMILES string of the molecule is N#Cc1cc2nccc(-c3cc(Cl)cc4c3OC(C(=O)N3CCNCC3)C4)c2o1. The maximum atomic E-state index is 12.9. The number of nitriles is 1. The highest BCUT2D eigenvalue weighted by Gasteiger charge is 2.35. The average molecular weight is 409 g/mol. The predicted octanol–water partition coefficient (Wildman–Crippen LogP) is 2.76. The molecule has 5 rings (SSSR count). The minimum absolute atomic E-state index is 0.00517. The van der Waals surface area contributed by atoms with Gasteiger partial charge in [-0.15, -0.1) is 0 Å². The Labute approximate surface area is 171 Å². The van der Waals surface area contributed by atoms with Gasteiger partial charge in [-0.05, 0) is 18.2 Å². The molecule has 8 heteroatoms. The Kier molecular flexibility index (Phi) is 4.38. The van der Waals surface area contributed by atoms with E-state index < -0.39 is 6.10 Å². The lowest BCUT2D eigenvalue weighted by Gasteiger charge is -2.29. The van der Waals surface area contributed by atoms with E-state index >= 15 is 0 Å². The molecule has 1 saturated heterocycles. The Bertz CT molecular complexity index is 1160. The van der Waals surface area contributed by atoms with Crippen molar-refractivity contribution in [2.24, 2.45) is 0 Å². The number of carbonyl (C=O) groups excluding carboxylic acids is 1. The van der Waals surface area contributed by atoms with E-state index in [0.29, 0.717) is 41.4 Å². The molecule has 1 unspecified atom stereocenters. The number of halogens is 1. The van der Waals surface area contributed by atoms with Crippen molar-refractivity contribution in [3.8, 4) is 22.9 Å². The number of nitrogens with zero attached hydrogens (tertiary/aromatic N) is 3. The monoisotopic (exact) mass is 408 g/mol. The summed E-state index contributed by atoms with van der Waals surface area (Å²) in [6.45, 7) is 2.93. The van der Waals surface area contributed by atoms with Crippen molar-refractivity contribution in [1.82, 2.24) is 15.2 Å². The van der Waals surface area contributed by atoms with E-state index in [1.165, 1.54) is 0 Å². The maximum absolute atomic E-state index is 12.9. The molecule has 1 fully saturated rings. The summed E-state index contributed by atoms with van der Waals surface area (Å²) in [4.78, 5) is 19.0. The highest BCUT2D eigenvalue weighted by Crippen LogP contribution is 2.43. The van der Waals surface area contributed by atoms with Crippen molar-refractivity contribution >= 4 is 28.6 Å². The molecule has 1 N–H and O–H groups in total. The molecule has 0 bridgehead atoms. The molecule has 1 atom stereocenters. The van der Waals surface area contributed by atoms with Gasteiger partial charge < -0.3 is 19.4 Å². The van der Waals surface area contributed by atoms with Crippen molar-refractivity contribution in [3.05, 3.63) is 46.8 Å². The van der Waals surface area contributed by atoms with Crippen LogP contribution in [0.2, 0.25) is 5.02 Å². The molecule has 2 aliphatic rings. The number of hydrogen-bond donors (Lipinski definition) is 1. The summed E-state index contributed by atoms with van der Waals surface area (Å²) in [5.74, 6) is 0.811. The zero-order chi connectivity index (χ0) is 20.0. The van der Waals surface area contributed by atoms with Gasteiger partial charge in [0.05, 0.1) is 0 Å². The van der Waals surface area contributed by atoms with Crippen molar-refractivity contribution in [1.29, 1.82) is 5.26 Å².